The number of carbonyl (C=O) groups excluding carboxylic acids is 1. The van der Waals surface area contributed by atoms with E-state index in [1.54, 1.807) is 30.3 Å². The smallest absolute Gasteiger partial charge is 0.330 e. The van der Waals surface area contributed by atoms with Crippen LogP contribution in [0.15, 0.2) is 60.7 Å². The molecule has 1 aliphatic heterocycles. The number of hydrogen-bond acceptors (Lipinski definition) is 9. The molecule has 1 saturated heterocycles. The second-order valence-corrected chi connectivity index (χ2v) is 9.03. The number of rotatable bonds is 9. The molecule has 1 fully saturated rings. The SMILES string of the molecule is COc1cc(C[C@@H]2CO[C@@H](c3ccc(O)c(OC)c3)[C@@H]2COC(=O)/C=C/c2ccc(O)c(O)c2)ccc1O. The molecule has 3 aromatic carbocycles. The van der Waals surface area contributed by atoms with Gasteiger partial charge in [-0.05, 0) is 71.5 Å². The number of esters is 1. The van der Waals surface area contributed by atoms with E-state index >= 15 is 0 Å². The van der Waals surface area contributed by atoms with Gasteiger partial charge < -0.3 is 39.4 Å². The van der Waals surface area contributed by atoms with Crippen LogP contribution in [0.3, 0.4) is 0 Å². The summed E-state index contributed by atoms with van der Waals surface area (Å²) >= 11 is 0. The van der Waals surface area contributed by atoms with Crippen LogP contribution in [-0.4, -0.2) is 53.8 Å². The molecular weight excluding hydrogens is 492 g/mol. The van der Waals surface area contributed by atoms with E-state index in [1.165, 1.54) is 44.6 Å². The summed E-state index contributed by atoms with van der Waals surface area (Å²) in [6.45, 7) is 0.472. The van der Waals surface area contributed by atoms with Crippen LogP contribution >= 0.6 is 0 Å². The van der Waals surface area contributed by atoms with Crippen molar-refractivity contribution in [2.24, 2.45) is 11.8 Å². The third-order valence-corrected chi connectivity index (χ3v) is 6.59. The number of phenolic OH excluding ortho intramolecular Hbond substituents is 4. The maximum absolute atomic E-state index is 12.5. The number of aromatic hydroxyl groups is 4. The average Bonchev–Trinajstić information content (AvgIpc) is 3.31. The van der Waals surface area contributed by atoms with Gasteiger partial charge in [0.05, 0.1) is 33.5 Å². The zero-order valence-corrected chi connectivity index (χ0v) is 21.0. The highest BCUT2D eigenvalue weighted by Gasteiger charge is 2.39. The van der Waals surface area contributed by atoms with Crippen molar-refractivity contribution in [3.63, 3.8) is 0 Å². The summed E-state index contributed by atoms with van der Waals surface area (Å²) in [5.74, 6) is -0.619. The van der Waals surface area contributed by atoms with Crippen molar-refractivity contribution in [1.82, 2.24) is 0 Å². The molecule has 9 heteroatoms. The van der Waals surface area contributed by atoms with E-state index in [9.17, 15) is 25.2 Å². The summed E-state index contributed by atoms with van der Waals surface area (Å²) < 4.78 is 22.3. The van der Waals surface area contributed by atoms with Gasteiger partial charge in [0.15, 0.2) is 34.5 Å². The van der Waals surface area contributed by atoms with Gasteiger partial charge in [-0.1, -0.05) is 18.2 Å². The molecule has 1 aliphatic rings. The Morgan fingerprint density at radius 1 is 0.895 bits per heavy atom. The molecule has 4 N–H and O–H groups in total. The van der Waals surface area contributed by atoms with E-state index in [4.69, 9.17) is 18.9 Å². The van der Waals surface area contributed by atoms with E-state index in [2.05, 4.69) is 0 Å². The van der Waals surface area contributed by atoms with Crippen LogP contribution in [0.2, 0.25) is 0 Å². The van der Waals surface area contributed by atoms with Crippen molar-refractivity contribution in [2.75, 3.05) is 27.4 Å². The predicted octanol–water partition coefficient (Wildman–Crippen LogP) is 4.33. The Morgan fingerprint density at radius 3 is 2.29 bits per heavy atom. The second kappa shape index (κ2) is 11.8. The van der Waals surface area contributed by atoms with Crippen LogP contribution in [0, 0.1) is 11.8 Å². The lowest BCUT2D eigenvalue weighted by Gasteiger charge is -2.23. The molecule has 0 radical (unpaired) electrons. The van der Waals surface area contributed by atoms with Crippen molar-refractivity contribution >= 4 is 12.0 Å². The first-order chi connectivity index (χ1) is 18.3. The van der Waals surface area contributed by atoms with Crippen LogP contribution in [0.25, 0.3) is 6.08 Å². The lowest BCUT2D eigenvalue weighted by molar-refractivity contribution is -0.139. The van der Waals surface area contributed by atoms with Gasteiger partial charge in [0, 0.05) is 12.0 Å². The first-order valence-electron chi connectivity index (χ1n) is 12.0. The molecule has 0 bridgehead atoms. The molecule has 0 amide bonds. The van der Waals surface area contributed by atoms with Gasteiger partial charge in [0.1, 0.15) is 0 Å². The van der Waals surface area contributed by atoms with Gasteiger partial charge in [-0.3, -0.25) is 0 Å². The molecule has 3 atom stereocenters. The van der Waals surface area contributed by atoms with E-state index in [1.807, 2.05) is 6.07 Å². The number of hydrogen-bond donors (Lipinski definition) is 4. The highest BCUT2D eigenvalue weighted by molar-refractivity contribution is 5.87. The zero-order chi connectivity index (χ0) is 27.2. The fourth-order valence-corrected chi connectivity index (χ4v) is 4.56. The third kappa shape index (κ3) is 6.12. The van der Waals surface area contributed by atoms with Gasteiger partial charge in [-0.2, -0.15) is 0 Å². The number of methoxy groups -OCH3 is 2. The van der Waals surface area contributed by atoms with Crippen LogP contribution in [-0.2, 0) is 20.7 Å². The molecular formula is C29H30O9. The van der Waals surface area contributed by atoms with Crippen LogP contribution in [0.5, 0.6) is 34.5 Å². The summed E-state index contributed by atoms with van der Waals surface area (Å²) in [6.07, 6.45) is 2.90. The minimum absolute atomic E-state index is 0.00960. The number of benzene rings is 3. The summed E-state index contributed by atoms with van der Waals surface area (Å²) in [4.78, 5) is 12.5. The van der Waals surface area contributed by atoms with Gasteiger partial charge >= 0.3 is 5.97 Å². The Morgan fingerprint density at radius 2 is 1.58 bits per heavy atom. The Balaban J connectivity index is 1.52. The summed E-state index contributed by atoms with van der Waals surface area (Å²) in [7, 11) is 2.95. The Kier molecular flexibility index (Phi) is 8.28. The summed E-state index contributed by atoms with van der Waals surface area (Å²) in [5, 5.41) is 39.1. The lowest BCUT2D eigenvalue weighted by atomic mass is 9.84. The first kappa shape index (κ1) is 26.7. The van der Waals surface area contributed by atoms with E-state index < -0.39 is 12.1 Å². The maximum atomic E-state index is 12.5. The van der Waals surface area contributed by atoms with Gasteiger partial charge in [0.2, 0.25) is 0 Å². The van der Waals surface area contributed by atoms with Crippen LogP contribution in [0.1, 0.15) is 22.8 Å². The van der Waals surface area contributed by atoms with E-state index in [-0.39, 0.29) is 41.4 Å². The molecule has 38 heavy (non-hydrogen) atoms. The molecule has 1 heterocycles. The molecule has 3 aromatic rings. The standard InChI is InChI=1S/C29H30O9/c1-35-26-13-18(4-8-23(26)31)11-20-15-38-29(19-6-9-24(32)27(14-19)36-2)21(20)16-37-28(34)10-5-17-3-7-22(30)25(33)12-17/h3-10,12-14,20-21,29-33H,11,15-16H2,1-2H3/b10-5+/t20-,21-,29+/m1/s1. The average molecular weight is 523 g/mol. The van der Waals surface area contributed by atoms with E-state index in [0.717, 1.165) is 11.1 Å². The topological polar surface area (TPSA) is 135 Å². The highest BCUT2D eigenvalue weighted by atomic mass is 16.5. The zero-order valence-electron chi connectivity index (χ0n) is 21.0. The molecule has 0 aliphatic carbocycles. The molecule has 0 spiro atoms. The Labute approximate surface area is 220 Å². The molecule has 4 rings (SSSR count). The van der Waals surface area contributed by atoms with Crippen molar-refractivity contribution in [2.45, 2.75) is 12.5 Å². The van der Waals surface area contributed by atoms with E-state index in [0.29, 0.717) is 30.1 Å². The second-order valence-electron chi connectivity index (χ2n) is 9.03. The fourth-order valence-electron chi connectivity index (χ4n) is 4.56. The van der Waals surface area contributed by atoms with Crippen molar-refractivity contribution in [1.29, 1.82) is 0 Å². The van der Waals surface area contributed by atoms with Gasteiger partial charge in [-0.25, -0.2) is 4.79 Å². The third-order valence-electron chi connectivity index (χ3n) is 6.59. The van der Waals surface area contributed by atoms with Crippen molar-refractivity contribution in [3.8, 4) is 34.5 Å². The fraction of sp³-hybridized carbons (Fsp3) is 0.276. The normalized spacial score (nSPS) is 18.9. The van der Waals surface area contributed by atoms with Crippen molar-refractivity contribution < 1.29 is 44.2 Å². The predicted molar refractivity (Wildman–Crippen MR) is 138 cm³/mol. The summed E-state index contributed by atoms with van der Waals surface area (Å²) in [6, 6.07) is 14.4. The Bertz CT molecular complexity index is 1320. The quantitative estimate of drug-likeness (QED) is 0.184. The molecule has 200 valence electrons. The molecule has 0 unspecified atom stereocenters. The lowest BCUT2D eigenvalue weighted by Crippen LogP contribution is -2.24. The maximum Gasteiger partial charge on any atom is 0.330 e. The molecule has 0 saturated carbocycles. The van der Waals surface area contributed by atoms with Gasteiger partial charge in [-0.15, -0.1) is 0 Å². The monoisotopic (exact) mass is 522 g/mol. The number of ether oxygens (including phenoxy) is 4. The summed E-state index contributed by atoms with van der Waals surface area (Å²) in [5.41, 5.74) is 2.23. The van der Waals surface area contributed by atoms with Crippen LogP contribution in [0.4, 0.5) is 0 Å². The minimum atomic E-state index is -0.573. The Hall–Kier alpha value is -4.37. The largest absolute Gasteiger partial charge is 0.504 e. The van der Waals surface area contributed by atoms with Gasteiger partial charge in [0.25, 0.3) is 0 Å². The number of carbonyl (C=O) groups is 1. The minimum Gasteiger partial charge on any atom is -0.504 e. The van der Waals surface area contributed by atoms with Crippen LogP contribution < -0.4 is 9.47 Å². The molecule has 0 aromatic heterocycles. The van der Waals surface area contributed by atoms with Crippen molar-refractivity contribution in [3.05, 3.63) is 77.4 Å². The molecule has 9 nitrogen and oxygen atoms in total. The number of phenols is 4. The highest BCUT2D eigenvalue weighted by Crippen LogP contribution is 2.43. The first-order valence-corrected chi connectivity index (χ1v) is 12.0.